The van der Waals surface area contributed by atoms with E-state index in [2.05, 4.69) is 61.2 Å². The van der Waals surface area contributed by atoms with E-state index in [1.165, 1.54) is 9.40 Å². The van der Waals surface area contributed by atoms with Gasteiger partial charge in [0, 0.05) is 11.0 Å². The highest BCUT2D eigenvalue weighted by molar-refractivity contribution is 9.10. The molecule has 0 amide bonds. The van der Waals surface area contributed by atoms with Crippen LogP contribution in [0.3, 0.4) is 0 Å². The molecule has 36 heavy (non-hydrogen) atoms. The standard InChI is InChI=1S/C9H10N2S.C9H6N2S.C8H6BrNS.ClH/c2*1-6-11-8-4-7(5-10)2-3-9(8)12-6;1-5-10-7-4-6(9)2-3-8(7)11-5;/h2-4H,5,10H2,1H3;2-4H,1H3;2-4H,1H3;1H. The molecule has 2 N–H and O–H groups in total. The van der Waals surface area contributed by atoms with Gasteiger partial charge in [-0.3, -0.25) is 0 Å². The van der Waals surface area contributed by atoms with Crippen LogP contribution >= 0.6 is 62.3 Å². The molecule has 184 valence electrons. The molecule has 0 aliphatic heterocycles. The van der Waals surface area contributed by atoms with Crippen molar-refractivity contribution >= 4 is 93.0 Å². The maximum atomic E-state index is 8.63. The van der Waals surface area contributed by atoms with Crippen molar-refractivity contribution in [1.29, 1.82) is 5.26 Å². The summed E-state index contributed by atoms with van der Waals surface area (Å²) in [5, 5.41) is 11.9. The number of halogens is 2. The third-order valence-corrected chi connectivity index (χ3v) is 8.22. The topological polar surface area (TPSA) is 88.5 Å². The number of thiazole rings is 3. The highest BCUT2D eigenvalue weighted by atomic mass is 79.9. The first-order valence-electron chi connectivity index (χ1n) is 10.7. The van der Waals surface area contributed by atoms with E-state index in [0.717, 1.165) is 46.3 Å². The molecule has 0 saturated carbocycles. The highest BCUT2D eigenvalue weighted by Crippen LogP contribution is 2.25. The number of hydrogen-bond acceptors (Lipinski definition) is 8. The number of hydrogen-bond donors (Lipinski definition) is 1. The van der Waals surface area contributed by atoms with Gasteiger partial charge < -0.3 is 5.73 Å². The first kappa shape index (κ1) is 28.1. The van der Waals surface area contributed by atoms with E-state index < -0.39 is 0 Å². The van der Waals surface area contributed by atoms with Gasteiger partial charge in [0.1, 0.15) is 0 Å². The van der Waals surface area contributed by atoms with E-state index in [1.54, 1.807) is 34.0 Å². The molecule has 0 unspecified atom stereocenters. The Kier molecular flexibility index (Phi) is 9.91. The second-order valence-electron chi connectivity index (χ2n) is 7.61. The molecule has 0 saturated heterocycles. The molecule has 0 fully saturated rings. The average molecular weight is 617 g/mol. The Balaban J connectivity index is 0.000000149. The molecule has 0 aliphatic rings. The van der Waals surface area contributed by atoms with Crippen LogP contribution in [0.5, 0.6) is 0 Å². The van der Waals surface area contributed by atoms with Gasteiger partial charge in [-0.2, -0.15) is 5.26 Å². The van der Waals surface area contributed by atoms with Crippen LogP contribution in [0.15, 0.2) is 59.1 Å². The number of nitrogens with zero attached hydrogens (tertiary/aromatic N) is 4. The Bertz CT molecular complexity index is 1670. The molecule has 3 aromatic carbocycles. The Labute approximate surface area is 236 Å². The summed E-state index contributed by atoms with van der Waals surface area (Å²) in [5.74, 6) is 0. The molecular formula is C26H23BrClN5S3. The van der Waals surface area contributed by atoms with E-state index in [4.69, 9.17) is 11.0 Å². The zero-order valence-corrected chi connectivity index (χ0v) is 24.6. The maximum Gasteiger partial charge on any atom is 0.0992 e. The quantitative estimate of drug-likeness (QED) is 0.201. The summed E-state index contributed by atoms with van der Waals surface area (Å²) in [6.45, 7) is 6.61. The summed E-state index contributed by atoms with van der Waals surface area (Å²) in [6.07, 6.45) is 0. The number of nitriles is 1. The van der Waals surface area contributed by atoms with Crippen LogP contribution in [0.1, 0.15) is 26.1 Å². The van der Waals surface area contributed by atoms with Crippen LogP contribution in [0, 0.1) is 32.1 Å². The molecule has 0 atom stereocenters. The van der Waals surface area contributed by atoms with Gasteiger partial charge in [0.2, 0.25) is 0 Å². The summed E-state index contributed by atoms with van der Waals surface area (Å²) in [5.41, 5.74) is 10.4. The number of benzene rings is 3. The van der Waals surface area contributed by atoms with Crippen molar-refractivity contribution in [2.45, 2.75) is 27.3 Å². The lowest BCUT2D eigenvalue weighted by Crippen LogP contribution is -1.94. The fourth-order valence-electron chi connectivity index (χ4n) is 3.34. The second-order valence-corrected chi connectivity index (χ2v) is 12.2. The number of nitrogens with two attached hydrogens (primary N) is 1. The minimum absolute atomic E-state index is 0. The molecule has 3 aromatic heterocycles. The Morgan fingerprint density at radius 2 is 1.22 bits per heavy atom. The fourth-order valence-corrected chi connectivity index (χ4v) is 6.11. The van der Waals surface area contributed by atoms with Gasteiger partial charge in [-0.05, 0) is 74.9 Å². The average Bonchev–Trinajstić information content (AvgIpc) is 3.51. The van der Waals surface area contributed by atoms with Crippen molar-refractivity contribution in [1.82, 2.24) is 15.0 Å². The molecule has 0 spiro atoms. The van der Waals surface area contributed by atoms with Crippen LogP contribution in [-0.4, -0.2) is 15.0 Å². The smallest absolute Gasteiger partial charge is 0.0992 e. The van der Waals surface area contributed by atoms with Gasteiger partial charge in [-0.25, -0.2) is 15.0 Å². The lowest BCUT2D eigenvalue weighted by atomic mass is 10.2. The first-order valence-corrected chi connectivity index (χ1v) is 13.9. The predicted molar refractivity (Wildman–Crippen MR) is 161 cm³/mol. The van der Waals surface area contributed by atoms with Crippen LogP contribution < -0.4 is 5.73 Å². The van der Waals surface area contributed by atoms with Crippen molar-refractivity contribution in [2.75, 3.05) is 0 Å². The molecule has 0 radical (unpaired) electrons. The molecule has 3 heterocycles. The van der Waals surface area contributed by atoms with Crippen LogP contribution in [-0.2, 0) is 6.54 Å². The lowest BCUT2D eigenvalue weighted by molar-refractivity contribution is 1.07. The van der Waals surface area contributed by atoms with Crippen molar-refractivity contribution in [3.05, 3.63) is 85.2 Å². The van der Waals surface area contributed by atoms with Crippen molar-refractivity contribution in [2.24, 2.45) is 5.73 Å². The zero-order valence-electron chi connectivity index (χ0n) is 19.8. The van der Waals surface area contributed by atoms with Gasteiger partial charge in [0.15, 0.2) is 0 Å². The molecule has 10 heteroatoms. The monoisotopic (exact) mass is 615 g/mol. The van der Waals surface area contributed by atoms with E-state index in [-0.39, 0.29) is 12.4 Å². The lowest BCUT2D eigenvalue weighted by Gasteiger charge is -1.93. The van der Waals surface area contributed by atoms with Gasteiger partial charge in [-0.15, -0.1) is 46.4 Å². The number of aryl methyl sites for hydroxylation is 3. The Morgan fingerprint density at radius 3 is 1.75 bits per heavy atom. The van der Waals surface area contributed by atoms with Crippen molar-refractivity contribution in [3.63, 3.8) is 0 Å². The van der Waals surface area contributed by atoms with E-state index >= 15 is 0 Å². The molecule has 6 aromatic rings. The van der Waals surface area contributed by atoms with Crippen LogP contribution in [0.4, 0.5) is 0 Å². The minimum atomic E-state index is 0. The van der Waals surface area contributed by atoms with Gasteiger partial charge in [0.25, 0.3) is 0 Å². The van der Waals surface area contributed by atoms with Gasteiger partial charge in [0.05, 0.1) is 57.3 Å². The van der Waals surface area contributed by atoms with Crippen molar-refractivity contribution < 1.29 is 0 Å². The predicted octanol–water partition coefficient (Wildman–Crippen LogP) is 8.33. The number of aromatic nitrogens is 3. The molecule has 5 nitrogen and oxygen atoms in total. The normalized spacial score (nSPS) is 10.2. The van der Waals surface area contributed by atoms with Gasteiger partial charge in [-0.1, -0.05) is 22.0 Å². The number of fused-ring (bicyclic) bond motifs is 3. The molecule has 0 bridgehead atoms. The summed E-state index contributed by atoms with van der Waals surface area (Å²) < 4.78 is 4.73. The Hall–Kier alpha value is -2.45. The zero-order chi connectivity index (χ0) is 24.9. The van der Waals surface area contributed by atoms with E-state index in [0.29, 0.717) is 12.1 Å². The van der Waals surface area contributed by atoms with E-state index in [9.17, 15) is 0 Å². The maximum absolute atomic E-state index is 8.63. The molecular weight excluding hydrogens is 594 g/mol. The first-order chi connectivity index (χ1) is 16.8. The van der Waals surface area contributed by atoms with Crippen LogP contribution in [0.25, 0.3) is 30.6 Å². The molecule has 0 aliphatic carbocycles. The number of rotatable bonds is 1. The van der Waals surface area contributed by atoms with Crippen molar-refractivity contribution in [3.8, 4) is 6.07 Å². The minimum Gasteiger partial charge on any atom is -0.326 e. The van der Waals surface area contributed by atoms with E-state index in [1.807, 2.05) is 51.1 Å². The summed E-state index contributed by atoms with van der Waals surface area (Å²) in [6, 6.07) is 20.0. The van der Waals surface area contributed by atoms with Gasteiger partial charge >= 0.3 is 0 Å². The summed E-state index contributed by atoms with van der Waals surface area (Å²) in [4.78, 5) is 13.0. The third kappa shape index (κ3) is 7.07. The third-order valence-electron chi connectivity index (χ3n) is 4.87. The summed E-state index contributed by atoms with van der Waals surface area (Å²) >= 11 is 8.51. The largest absolute Gasteiger partial charge is 0.326 e. The Morgan fingerprint density at radius 1 is 0.750 bits per heavy atom. The second kappa shape index (κ2) is 12.7. The van der Waals surface area contributed by atoms with Crippen LogP contribution in [0.2, 0.25) is 0 Å². The summed E-state index contributed by atoms with van der Waals surface area (Å²) in [7, 11) is 0. The SMILES string of the molecule is Cc1nc2cc(Br)ccc2s1.Cc1nc2cc(C#N)ccc2s1.Cc1nc2cc(CN)ccc2s1.Cl. The fraction of sp³-hybridized carbons (Fsp3) is 0.154. The highest BCUT2D eigenvalue weighted by Gasteiger charge is 2.01. The molecule has 6 rings (SSSR count).